The van der Waals surface area contributed by atoms with Gasteiger partial charge in [0.25, 0.3) is 0 Å². The summed E-state index contributed by atoms with van der Waals surface area (Å²) in [7, 11) is 5.28. The maximum absolute atomic E-state index is 6.40. The van der Waals surface area contributed by atoms with Gasteiger partial charge < -0.3 is 25.4 Å². The molecule has 0 aliphatic carbocycles. The summed E-state index contributed by atoms with van der Waals surface area (Å²) in [5, 5.41) is 4.36. The SMILES string of the molecule is COc1cc2nc(N(C)CC3(C4C=CC=CN4)CCN(Cc4ccccc4)CC3)nc(N)c2cc1OC. The van der Waals surface area contributed by atoms with Gasteiger partial charge in [-0.05, 0) is 49.8 Å². The molecule has 8 nitrogen and oxygen atoms in total. The van der Waals surface area contributed by atoms with Gasteiger partial charge in [-0.1, -0.05) is 42.5 Å². The van der Waals surface area contributed by atoms with Crippen LogP contribution in [0.1, 0.15) is 18.4 Å². The molecule has 2 aliphatic rings. The number of nitrogens with two attached hydrogens (primary N) is 1. The number of hydrogen-bond donors (Lipinski definition) is 2. The quantitative estimate of drug-likeness (QED) is 0.480. The first-order valence-corrected chi connectivity index (χ1v) is 12.8. The van der Waals surface area contributed by atoms with Gasteiger partial charge >= 0.3 is 0 Å². The Morgan fingerprint density at radius 3 is 2.46 bits per heavy atom. The van der Waals surface area contributed by atoms with E-state index in [-0.39, 0.29) is 11.5 Å². The lowest BCUT2D eigenvalue weighted by atomic mass is 9.71. The molecule has 1 fully saturated rings. The normalized spacial score (nSPS) is 18.9. The smallest absolute Gasteiger partial charge is 0.227 e. The van der Waals surface area contributed by atoms with Crippen LogP contribution in [0.15, 0.2) is 66.9 Å². The summed E-state index contributed by atoms with van der Waals surface area (Å²) in [5.74, 6) is 2.26. The van der Waals surface area contributed by atoms with Crippen molar-refractivity contribution in [3.63, 3.8) is 0 Å². The van der Waals surface area contributed by atoms with Crippen molar-refractivity contribution >= 4 is 22.7 Å². The van der Waals surface area contributed by atoms with Crippen molar-refractivity contribution in [2.45, 2.75) is 25.4 Å². The van der Waals surface area contributed by atoms with Crippen molar-refractivity contribution in [2.75, 3.05) is 51.5 Å². The van der Waals surface area contributed by atoms with E-state index in [0.717, 1.165) is 49.9 Å². The Hall–Kier alpha value is -3.78. The number of methoxy groups -OCH3 is 2. The van der Waals surface area contributed by atoms with Gasteiger partial charge in [-0.2, -0.15) is 4.98 Å². The molecule has 1 aromatic heterocycles. The topological polar surface area (TPSA) is 88.8 Å². The highest BCUT2D eigenvalue weighted by Crippen LogP contribution is 2.39. The molecule has 1 unspecified atom stereocenters. The zero-order valence-corrected chi connectivity index (χ0v) is 21.9. The van der Waals surface area contributed by atoms with Gasteiger partial charge in [0.2, 0.25) is 5.95 Å². The zero-order valence-electron chi connectivity index (χ0n) is 21.9. The molecular formula is C29H36N6O2. The number of fused-ring (bicyclic) bond motifs is 1. The van der Waals surface area contributed by atoms with Crippen molar-refractivity contribution in [3.05, 3.63) is 72.5 Å². The van der Waals surface area contributed by atoms with Crippen LogP contribution in [-0.2, 0) is 6.54 Å². The fraction of sp³-hybridized carbons (Fsp3) is 0.379. The zero-order chi connectivity index (χ0) is 25.8. The molecule has 8 heteroatoms. The lowest BCUT2D eigenvalue weighted by Gasteiger charge is -2.48. The highest BCUT2D eigenvalue weighted by atomic mass is 16.5. The van der Waals surface area contributed by atoms with Crippen LogP contribution in [-0.4, -0.2) is 61.8 Å². The summed E-state index contributed by atoms with van der Waals surface area (Å²) in [6.07, 6.45) is 10.7. The fourth-order valence-corrected chi connectivity index (χ4v) is 5.57. The van der Waals surface area contributed by atoms with Gasteiger partial charge in [-0.25, -0.2) is 4.98 Å². The number of anilines is 2. The number of benzene rings is 2. The highest BCUT2D eigenvalue weighted by Gasteiger charge is 2.42. The van der Waals surface area contributed by atoms with Crippen molar-refractivity contribution in [1.29, 1.82) is 0 Å². The predicted octanol–water partition coefficient (Wildman–Crippen LogP) is 3.99. The van der Waals surface area contributed by atoms with E-state index in [1.54, 1.807) is 14.2 Å². The Bertz CT molecular complexity index is 1280. The summed E-state index contributed by atoms with van der Waals surface area (Å²) in [4.78, 5) is 14.2. The van der Waals surface area contributed by atoms with Crippen molar-refractivity contribution < 1.29 is 9.47 Å². The van der Waals surface area contributed by atoms with Crippen molar-refractivity contribution in [3.8, 4) is 11.5 Å². The van der Waals surface area contributed by atoms with Crippen molar-refractivity contribution in [2.24, 2.45) is 5.41 Å². The Balaban J connectivity index is 1.39. The van der Waals surface area contributed by atoms with E-state index < -0.39 is 0 Å². The molecule has 1 saturated heterocycles. The fourth-order valence-electron chi connectivity index (χ4n) is 5.57. The van der Waals surface area contributed by atoms with Gasteiger partial charge in [-0.15, -0.1) is 0 Å². The molecule has 3 heterocycles. The molecule has 0 saturated carbocycles. The summed E-state index contributed by atoms with van der Waals surface area (Å²) in [6.45, 7) is 3.86. The number of nitrogen functional groups attached to an aromatic ring is 1. The monoisotopic (exact) mass is 500 g/mol. The molecule has 1 atom stereocenters. The molecule has 2 aliphatic heterocycles. The average Bonchev–Trinajstić information content (AvgIpc) is 2.94. The third-order valence-corrected chi connectivity index (χ3v) is 7.66. The number of allylic oxidation sites excluding steroid dienone is 2. The minimum absolute atomic E-state index is 0.0217. The molecule has 0 radical (unpaired) electrons. The Morgan fingerprint density at radius 2 is 1.78 bits per heavy atom. The average molecular weight is 501 g/mol. The first-order chi connectivity index (χ1) is 18.0. The minimum atomic E-state index is 0.0217. The van der Waals surface area contributed by atoms with Gasteiger partial charge in [0.15, 0.2) is 11.5 Å². The maximum atomic E-state index is 6.40. The van der Waals surface area contributed by atoms with Crippen LogP contribution >= 0.6 is 0 Å². The van der Waals surface area contributed by atoms with Crippen molar-refractivity contribution in [1.82, 2.24) is 20.2 Å². The molecule has 2 aromatic carbocycles. The van der Waals surface area contributed by atoms with E-state index in [9.17, 15) is 0 Å². The molecule has 0 spiro atoms. The van der Waals surface area contributed by atoms with E-state index in [1.807, 2.05) is 24.4 Å². The predicted molar refractivity (Wildman–Crippen MR) is 149 cm³/mol. The third-order valence-electron chi connectivity index (χ3n) is 7.66. The molecule has 0 bridgehead atoms. The molecule has 3 N–H and O–H groups in total. The standard InChI is InChI=1S/C29H36N6O2/c1-34(28-32-23-18-25(37-3)24(36-2)17-22(23)27(30)33-28)20-29(26-11-7-8-14-31-26)12-15-35(16-13-29)19-21-9-5-4-6-10-21/h4-11,14,17-18,26,31H,12-13,15-16,19-20H2,1-3H3,(H2,30,32,33). The number of hydrogen-bond acceptors (Lipinski definition) is 8. The van der Waals surface area contributed by atoms with Gasteiger partial charge in [0.1, 0.15) is 5.82 Å². The van der Waals surface area contributed by atoms with E-state index in [1.165, 1.54) is 5.56 Å². The van der Waals surface area contributed by atoms with Crippen LogP contribution < -0.4 is 25.4 Å². The van der Waals surface area contributed by atoms with Crippen LogP contribution in [0, 0.1) is 5.41 Å². The van der Waals surface area contributed by atoms with E-state index in [0.29, 0.717) is 23.3 Å². The second-order valence-corrected chi connectivity index (χ2v) is 10.0. The molecule has 5 rings (SSSR count). The van der Waals surface area contributed by atoms with Gasteiger partial charge in [0, 0.05) is 37.0 Å². The molecule has 37 heavy (non-hydrogen) atoms. The summed E-state index contributed by atoms with van der Waals surface area (Å²) in [5.41, 5.74) is 8.51. The largest absolute Gasteiger partial charge is 0.493 e. The Kier molecular flexibility index (Phi) is 7.19. The Labute approximate surface area is 218 Å². The molecule has 3 aromatic rings. The Morgan fingerprint density at radius 1 is 1.05 bits per heavy atom. The third kappa shape index (κ3) is 5.20. The van der Waals surface area contributed by atoms with Crippen LogP contribution in [0.3, 0.4) is 0 Å². The second-order valence-electron chi connectivity index (χ2n) is 10.0. The van der Waals surface area contributed by atoms with Crippen LogP contribution in [0.2, 0.25) is 0 Å². The lowest BCUT2D eigenvalue weighted by Crippen LogP contribution is -2.55. The summed E-state index contributed by atoms with van der Waals surface area (Å²) in [6, 6.07) is 14.6. The maximum Gasteiger partial charge on any atom is 0.227 e. The number of ether oxygens (including phenoxy) is 2. The number of rotatable bonds is 8. The van der Waals surface area contributed by atoms with E-state index in [4.69, 9.17) is 20.2 Å². The minimum Gasteiger partial charge on any atom is -0.493 e. The lowest BCUT2D eigenvalue weighted by molar-refractivity contribution is 0.0854. The summed E-state index contributed by atoms with van der Waals surface area (Å²) >= 11 is 0. The number of piperidine rings is 1. The number of likely N-dealkylation sites (tertiary alicyclic amines) is 1. The van der Waals surface area contributed by atoms with Gasteiger partial charge in [0.05, 0.1) is 25.8 Å². The molecule has 194 valence electrons. The number of nitrogens with one attached hydrogen (secondary N) is 1. The highest BCUT2D eigenvalue weighted by molar-refractivity contribution is 5.91. The van der Waals surface area contributed by atoms with Crippen LogP contribution in [0.25, 0.3) is 10.9 Å². The second kappa shape index (κ2) is 10.7. The number of dihydropyridines is 1. The summed E-state index contributed by atoms with van der Waals surface area (Å²) < 4.78 is 10.9. The number of nitrogens with zero attached hydrogens (tertiary/aromatic N) is 4. The first kappa shape index (κ1) is 24.9. The first-order valence-electron chi connectivity index (χ1n) is 12.8. The molecular weight excluding hydrogens is 464 g/mol. The van der Waals surface area contributed by atoms with E-state index in [2.05, 4.69) is 69.6 Å². The van der Waals surface area contributed by atoms with E-state index >= 15 is 0 Å². The molecule has 0 amide bonds. The van der Waals surface area contributed by atoms with Gasteiger partial charge in [-0.3, -0.25) is 4.90 Å². The van der Waals surface area contributed by atoms with Crippen LogP contribution in [0.4, 0.5) is 11.8 Å². The number of aromatic nitrogens is 2. The van der Waals surface area contributed by atoms with Crippen LogP contribution in [0.5, 0.6) is 11.5 Å².